The van der Waals surface area contributed by atoms with Gasteiger partial charge in [0.15, 0.2) is 0 Å². The average Bonchev–Trinajstić information content (AvgIpc) is 2.05. The molecule has 0 N–H and O–H groups in total. The van der Waals surface area contributed by atoms with E-state index in [1.165, 1.54) is 12.2 Å². The van der Waals surface area contributed by atoms with Gasteiger partial charge in [0.1, 0.15) is 0 Å². The summed E-state index contributed by atoms with van der Waals surface area (Å²) in [5, 5.41) is 0. The lowest BCUT2D eigenvalue weighted by molar-refractivity contribution is 0.554. The molecule has 0 saturated carbocycles. The number of nitrogens with zero attached hydrogens (tertiary/aromatic N) is 2. The molecule has 0 saturated heterocycles. The van der Waals surface area contributed by atoms with E-state index in [1.54, 1.807) is 6.92 Å². The topological polar surface area (TPSA) is 58.9 Å². The van der Waals surface area contributed by atoms with Crippen LogP contribution in [0.3, 0.4) is 0 Å². The van der Waals surface area contributed by atoms with Gasteiger partial charge in [-0.15, -0.1) is 13.2 Å². The monoisotopic (exact) mass is 154 g/mol. The summed E-state index contributed by atoms with van der Waals surface area (Å²) in [5.74, 6) is 0. The van der Waals surface area contributed by atoms with Gasteiger partial charge in [0.05, 0.1) is 12.6 Å². The zero-order valence-electron chi connectivity index (χ0n) is 6.41. The first-order valence-corrected chi connectivity index (χ1v) is 2.92. The normalized spacial score (nSPS) is 9.18. The standard InChI is InChI=1S/C5H6N2O2.C2H4/c1-5(7-4-9)2-6-3-8;1-2/h5H,2H2,1H3;1-2H2. The number of isocyanates is 2. The Bertz CT molecular complexity index is 179. The van der Waals surface area contributed by atoms with Crippen molar-refractivity contribution in [1.82, 2.24) is 0 Å². The maximum atomic E-state index is 9.55. The largest absolute Gasteiger partial charge is 0.235 e. The molecule has 0 fully saturated rings. The van der Waals surface area contributed by atoms with Crippen LogP contribution in [0.15, 0.2) is 23.1 Å². The minimum atomic E-state index is -0.260. The van der Waals surface area contributed by atoms with Crippen LogP contribution >= 0.6 is 0 Å². The summed E-state index contributed by atoms with van der Waals surface area (Å²) in [5.41, 5.74) is 0. The molecule has 1 unspecified atom stereocenters. The third kappa shape index (κ3) is 11.9. The maximum Gasteiger partial charge on any atom is 0.235 e. The van der Waals surface area contributed by atoms with Crippen molar-refractivity contribution >= 4 is 12.2 Å². The van der Waals surface area contributed by atoms with E-state index in [0.29, 0.717) is 0 Å². The SMILES string of the molecule is C=C.CC(CN=C=O)N=C=O. The van der Waals surface area contributed by atoms with Crippen molar-refractivity contribution in [1.29, 1.82) is 0 Å². The van der Waals surface area contributed by atoms with E-state index in [2.05, 4.69) is 23.1 Å². The van der Waals surface area contributed by atoms with Crippen LogP contribution in [0.1, 0.15) is 6.92 Å². The third-order valence-electron chi connectivity index (χ3n) is 0.693. The molecule has 11 heavy (non-hydrogen) atoms. The minimum Gasteiger partial charge on any atom is -0.211 e. The summed E-state index contributed by atoms with van der Waals surface area (Å²) in [6.45, 7) is 7.87. The molecule has 4 nitrogen and oxygen atoms in total. The molecular weight excluding hydrogens is 144 g/mol. The Balaban J connectivity index is 0. The number of aliphatic imine (C=N–C) groups is 2. The van der Waals surface area contributed by atoms with Crippen molar-refractivity contribution in [3.63, 3.8) is 0 Å². The van der Waals surface area contributed by atoms with Gasteiger partial charge in [0.25, 0.3) is 0 Å². The maximum absolute atomic E-state index is 9.55. The zero-order valence-corrected chi connectivity index (χ0v) is 6.41. The van der Waals surface area contributed by atoms with Gasteiger partial charge in [-0.2, -0.15) is 0 Å². The van der Waals surface area contributed by atoms with Crippen LogP contribution in [0, 0.1) is 0 Å². The van der Waals surface area contributed by atoms with Gasteiger partial charge < -0.3 is 0 Å². The molecule has 0 radical (unpaired) electrons. The number of rotatable bonds is 3. The summed E-state index contributed by atoms with van der Waals surface area (Å²) >= 11 is 0. The molecule has 0 heterocycles. The van der Waals surface area contributed by atoms with Crippen LogP contribution in [0.25, 0.3) is 0 Å². The van der Waals surface area contributed by atoms with E-state index in [1.807, 2.05) is 0 Å². The molecule has 0 aliphatic carbocycles. The van der Waals surface area contributed by atoms with E-state index < -0.39 is 0 Å². The van der Waals surface area contributed by atoms with Gasteiger partial charge in [0.2, 0.25) is 12.2 Å². The fourth-order valence-corrected chi connectivity index (χ4v) is 0.300. The third-order valence-corrected chi connectivity index (χ3v) is 0.693. The molecule has 4 heteroatoms. The van der Waals surface area contributed by atoms with Gasteiger partial charge in [0, 0.05) is 0 Å². The summed E-state index contributed by atoms with van der Waals surface area (Å²) in [6.07, 6.45) is 2.70. The molecule has 0 aromatic carbocycles. The van der Waals surface area contributed by atoms with Crippen molar-refractivity contribution < 1.29 is 9.59 Å². The Kier molecular flexibility index (Phi) is 12.6. The van der Waals surface area contributed by atoms with Crippen LogP contribution in [0.5, 0.6) is 0 Å². The van der Waals surface area contributed by atoms with Crippen molar-refractivity contribution in [2.75, 3.05) is 6.54 Å². The number of hydrogen-bond acceptors (Lipinski definition) is 4. The molecule has 0 rings (SSSR count). The second-order valence-corrected chi connectivity index (χ2v) is 1.50. The van der Waals surface area contributed by atoms with Crippen molar-refractivity contribution in [2.45, 2.75) is 13.0 Å². The average molecular weight is 154 g/mol. The molecule has 0 aromatic rings. The summed E-state index contributed by atoms with van der Waals surface area (Å²) < 4.78 is 0. The van der Waals surface area contributed by atoms with Crippen molar-refractivity contribution in [3.8, 4) is 0 Å². The predicted octanol–water partition coefficient (Wildman–Crippen LogP) is 0.849. The number of carbonyl (C=O) groups excluding carboxylic acids is 2. The fraction of sp³-hybridized carbons (Fsp3) is 0.429. The Labute approximate surface area is 65.4 Å². The lowest BCUT2D eigenvalue weighted by Gasteiger charge is -1.91. The van der Waals surface area contributed by atoms with Crippen LogP contribution in [0.4, 0.5) is 0 Å². The zero-order chi connectivity index (χ0) is 9.11. The molecule has 0 spiro atoms. The lowest BCUT2D eigenvalue weighted by Crippen LogP contribution is -2.00. The fourth-order valence-electron chi connectivity index (χ4n) is 0.300. The quantitative estimate of drug-likeness (QED) is 0.343. The minimum absolute atomic E-state index is 0.207. The second-order valence-electron chi connectivity index (χ2n) is 1.50. The highest BCUT2D eigenvalue weighted by molar-refractivity contribution is 5.34. The van der Waals surface area contributed by atoms with Gasteiger partial charge in [-0.3, -0.25) is 0 Å². The lowest BCUT2D eigenvalue weighted by atomic mass is 10.4. The van der Waals surface area contributed by atoms with E-state index >= 15 is 0 Å². The summed E-state index contributed by atoms with van der Waals surface area (Å²) in [6, 6.07) is -0.260. The molecule has 1 atom stereocenters. The highest BCUT2D eigenvalue weighted by Gasteiger charge is 1.93. The number of hydrogen-bond donors (Lipinski definition) is 0. The summed E-state index contributed by atoms with van der Waals surface area (Å²) in [7, 11) is 0. The smallest absolute Gasteiger partial charge is 0.211 e. The predicted molar refractivity (Wildman–Crippen MR) is 41.8 cm³/mol. The van der Waals surface area contributed by atoms with E-state index in [9.17, 15) is 9.59 Å². The first-order chi connectivity index (χ1) is 5.31. The van der Waals surface area contributed by atoms with Crippen molar-refractivity contribution in [2.24, 2.45) is 9.98 Å². The van der Waals surface area contributed by atoms with Crippen molar-refractivity contribution in [3.05, 3.63) is 13.2 Å². The molecule has 60 valence electrons. The van der Waals surface area contributed by atoms with Gasteiger partial charge in [-0.05, 0) is 6.92 Å². The highest BCUT2D eigenvalue weighted by Crippen LogP contribution is 1.85. The summed E-state index contributed by atoms with van der Waals surface area (Å²) in [4.78, 5) is 25.5. The van der Waals surface area contributed by atoms with Gasteiger partial charge in [-0.25, -0.2) is 19.6 Å². The van der Waals surface area contributed by atoms with Crippen LogP contribution in [0.2, 0.25) is 0 Å². The second kappa shape index (κ2) is 11.3. The first-order valence-electron chi connectivity index (χ1n) is 2.92. The molecule has 0 aliphatic rings. The highest BCUT2D eigenvalue weighted by atomic mass is 16.1. The Morgan fingerprint density at radius 2 is 1.91 bits per heavy atom. The van der Waals surface area contributed by atoms with Crippen LogP contribution in [-0.2, 0) is 9.59 Å². The Morgan fingerprint density at radius 1 is 1.36 bits per heavy atom. The molecular formula is C7H10N2O2. The first kappa shape index (κ1) is 12.2. The van der Waals surface area contributed by atoms with Gasteiger partial charge in [-0.1, -0.05) is 0 Å². The molecule has 0 aliphatic heterocycles. The van der Waals surface area contributed by atoms with E-state index in [-0.39, 0.29) is 12.6 Å². The van der Waals surface area contributed by atoms with Crippen LogP contribution in [-0.4, -0.2) is 24.7 Å². The van der Waals surface area contributed by atoms with E-state index in [0.717, 1.165) is 0 Å². The van der Waals surface area contributed by atoms with Crippen LogP contribution < -0.4 is 0 Å². The molecule has 0 aromatic heterocycles. The van der Waals surface area contributed by atoms with Gasteiger partial charge >= 0.3 is 0 Å². The Morgan fingerprint density at radius 3 is 2.27 bits per heavy atom. The Hall–Kier alpha value is -1.50. The molecule has 0 amide bonds. The van der Waals surface area contributed by atoms with E-state index in [4.69, 9.17) is 0 Å². The molecule has 0 bridgehead atoms.